The summed E-state index contributed by atoms with van der Waals surface area (Å²) in [4.78, 5) is 0. The van der Waals surface area contributed by atoms with E-state index in [-0.39, 0.29) is 5.82 Å². The van der Waals surface area contributed by atoms with E-state index in [1.54, 1.807) is 19.1 Å². The van der Waals surface area contributed by atoms with Crippen molar-refractivity contribution >= 4 is 11.6 Å². The first-order chi connectivity index (χ1) is 10.0. The second kappa shape index (κ2) is 5.66. The Hall–Kier alpha value is -1.58. The molecule has 4 heteroatoms. The Morgan fingerprint density at radius 3 is 2.86 bits per heavy atom. The van der Waals surface area contributed by atoms with Crippen LogP contribution in [0.1, 0.15) is 28.4 Å². The van der Waals surface area contributed by atoms with E-state index in [4.69, 9.17) is 16.3 Å². The van der Waals surface area contributed by atoms with Crippen LogP contribution in [0.2, 0.25) is 5.02 Å². The quantitative estimate of drug-likeness (QED) is 0.929. The number of aliphatic hydroxyl groups is 1. The Balaban J connectivity index is 1.90. The van der Waals surface area contributed by atoms with Crippen LogP contribution < -0.4 is 4.74 Å². The maximum Gasteiger partial charge on any atom is 0.126 e. The summed E-state index contributed by atoms with van der Waals surface area (Å²) in [7, 11) is 0. The van der Waals surface area contributed by atoms with Crippen LogP contribution in [-0.4, -0.2) is 11.7 Å². The molecule has 21 heavy (non-hydrogen) atoms. The van der Waals surface area contributed by atoms with Gasteiger partial charge < -0.3 is 9.84 Å². The smallest absolute Gasteiger partial charge is 0.126 e. The first kappa shape index (κ1) is 14.4. The van der Waals surface area contributed by atoms with Crippen LogP contribution in [0.4, 0.5) is 4.39 Å². The molecular formula is C17H16ClFO2. The number of rotatable bonds is 3. The van der Waals surface area contributed by atoms with Gasteiger partial charge in [0.2, 0.25) is 0 Å². The molecule has 0 amide bonds. The zero-order valence-corrected chi connectivity index (χ0v) is 12.5. The lowest BCUT2D eigenvalue weighted by atomic mass is 9.97. The SMILES string of the molecule is Cc1cc(F)cc(C(O)Cc2cc(Cl)cc3c2OCC3)c1. The standard InChI is InChI=1S/C17H16ClFO2/c1-10-4-12(8-15(19)5-10)16(20)9-13-7-14(18)6-11-2-3-21-17(11)13/h4-8,16,20H,2-3,9H2,1H3. The molecule has 0 spiro atoms. The fraction of sp³-hybridized carbons (Fsp3) is 0.294. The van der Waals surface area contributed by atoms with Gasteiger partial charge in [-0.1, -0.05) is 17.7 Å². The van der Waals surface area contributed by atoms with Gasteiger partial charge in [-0.2, -0.15) is 0 Å². The first-order valence-corrected chi connectivity index (χ1v) is 7.30. The predicted octanol–water partition coefficient (Wildman–Crippen LogP) is 4.00. The molecule has 2 nitrogen and oxygen atoms in total. The number of aliphatic hydroxyl groups excluding tert-OH is 1. The fourth-order valence-corrected chi connectivity index (χ4v) is 3.04. The molecule has 1 heterocycles. The van der Waals surface area contributed by atoms with E-state index >= 15 is 0 Å². The lowest BCUT2D eigenvalue weighted by molar-refractivity contribution is 0.176. The molecule has 0 bridgehead atoms. The number of hydrogen-bond donors (Lipinski definition) is 1. The van der Waals surface area contributed by atoms with E-state index < -0.39 is 6.10 Å². The predicted molar refractivity (Wildman–Crippen MR) is 80.5 cm³/mol. The van der Waals surface area contributed by atoms with E-state index in [9.17, 15) is 9.50 Å². The number of fused-ring (bicyclic) bond motifs is 1. The molecule has 0 radical (unpaired) electrons. The molecule has 2 aromatic rings. The van der Waals surface area contributed by atoms with Gasteiger partial charge in [0, 0.05) is 17.9 Å². The second-order valence-electron chi connectivity index (χ2n) is 5.43. The van der Waals surface area contributed by atoms with Crippen LogP contribution in [0, 0.1) is 12.7 Å². The largest absolute Gasteiger partial charge is 0.493 e. The molecule has 1 aliphatic heterocycles. The molecule has 0 aliphatic carbocycles. The van der Waals surface area contributed by atoms with Crippen LogP contribution in [0.5, 0.6) is 5.75 Å². The molecule has 0 saturated heterocycles. The minimum absolute atomic E-state index is 0.336. The third kappa shape index (κ3) is 3.04. The van der Waals surface area contributed by atoms with Crippen molar-refractivity contribution in [3.63, 3.8) is 0 Å². The molecule has 2 aromatic carbocycles. The van der Waals surface area contributed by atoms with E-state index in [0.717, 1.165) is 28.9 Å². The summed E-state index contributed by atoms with van der Waals surface area (Å²) in [6.07, 6.45) is 0.398. The van der Waals surface area contributed by atoms with Crippen LogP contribution in [-0.2, 0) is 12.8 Å². The minimum Gasteiger partial charge on any atom is -0.493 e. The molecule has 1 aliphatic rings. The van der Waals surface area contributed by atoms with Crippen LogP contribution in [0.15, 0.2) is 30.3 Å². The van der Waals surface area contributed by atoms with Crippen LogP contribution >= 0.6 is 11.6 Å². The van der Waals surface area contributed by atoms with Crippen molar-refractivity contribution in [3.05, 3.63) is 63.4 Å². The molecule has 1 atom stereocenters. The summed E-state index contributed by atoms with van der Waals surface area (Å²) in [5, 5.41) is 11.0. The summed E-state index contributed by atoms with van der Waals surface area (Å²) in [6, 6.07) is 8.30. The number of aryl methyl sites for hydroxylation is 1. The lowest BCUT2D eigenvalue weighted by Gasteiger charge is -2.15. The maximum atomic E-state index is 13.5. The van der Waals surface area contributed by atoms with Gasteiger partial charge in [-0.15, -0.1) is 0 Å². The van der Waals surface area contributed by atoms with Gasteiger partial charge in [-0.25, -0.2) is 4.39 Å². The van der Waals surface area contributed by atoms with Crippen molar-refractivity contribution in [1.29, 1.82) is 0 Å². The zero-order chi connectivity index (χ0) is 15.0. The van der Waals surface area contributed by atoms with E-state index in [1.165, 1.54) is 12.1 Å². The topological polar surface area (TPSA) is 29.5 Å². The third-order valence-corrected chi connectivity index (χ3v) is 3.91. The Kier molecular flexibility index (Phi) is 3.87. The van der Waals surface area contributed by atoms with Gasteiger partial charge >= 0.3 is 0 Å². The van der Waals surface area contributed by atoms with Gasteiger partial charge in [-0.3, -0.25) is 0 Å². The van der Waals surface area contributed by atoms with Crippen molar-refractivity contribution in [2.75, 3.05) is 6.61 Å². The summed E-state index contributed by atoms with van der Waals surface area (Å²) < 4.78 is 19.1. The number of halogens is 2. The third-order valence-electron chi connectivity index (χ3n) is 3.69. The van der Waals surface area contributed by atoms with Crippen molar-refractivity contribution in [3.8, 4) is 5.75 Å². The Labute approximate surface area is 128 Å². The van der Waals surface area contributed by atoms with Crippen LogP contribution in [0.3, 0.4) is 0 Å². The zero-order valence-electron chi connectivity index (χ0n) is 11.7. The van der Waals surface area contributed by atoms with Gasteiger partial charge in [0.15, 0.2) is 0 Å². The van der Waals surface area contributed by atoms with Crippen molar-refractivity contribution in [2.24, 2.45) is 0 Å². The highest BCUT2D eigenvalue weighted by molar-refractivity contribution is 6.30. The molecule has 0 fully saturated rings. The minimum atomic E-state index is -0.786. The van der Waals surface area contributed by atoms with Gasteiger partial charge in [0.05, 0.1) is 12.7 Å². The maximum absolute atomic E-state index is 13.5. The number of hydrogen-bond acceptors (Lipinski definition) is 2. The van der Waals surface area contributed by atoms with Crippen molar-refractivity contribution in [2.45, 2.75) is 25.9 Å². The molecule has 3 rings (SSSR count). The highest BCUT2D eigenvalue weighted by Gasteiger charge is 2.20. The number of benzene rings is 2. The molecule has 0 saturated carbocycles. The normalized spacial score (nSPS) is 14.7. The highest BCUT2D eigenvalue weighted by atomic mass is 35.5. The number of ether oxygens (including phenoxy) is 1. The molecular weight excluding hydrogens is 291 g/mol. The monoisotopic (exact) mass is 306 g/mol. The van der Waals surface area contributed by atoms with E-state index in [1.807, 2.05) is 6.07 Å². The summed E-state index contributed by atoms with van der Waals surface area (Å²) >= 11 is 6.11. The van der Waals surface area contributed by atoms with Gasteiger partial charge in [0.1, 0.15) is 11.6 Å². The summed E-state index contributed by atoms with van der Waals surface area (Å²) in [5.41, 5.74) is 3.29. The van der Waals surface area contributed by atoms with E-state index in [0.29, 0.717) is 23.6 Å². The average Bonchev–Trinajstić information content (AvgIpc) is 2.85. The average molecular weight is 307 g/mol. The van der Waals surface area contributed by atoms with Gasteiger partial charge in [-0.05, 0) is 53.4 Å². The fourth-order valence-electron chi connectivity index (χ4n) is 2.78. The van der Waals surface area contributed by atoms with Crippen molar-refractivity contribution in [1.82, 2.24) is 0 Å². The molecule has 110 valence electrons. The Morgan fingerprint density at radius 2 is 2.10 bits per heavy atom. The summed E-state index contributed by atoms with van der Waals surface area (Å²) in [5.74, 6) is 0.475. The second-order valence-corrected chi connectivity index (χ2v) is 5.87. The molecule has 1 unspecified atom stereocenters. The lowest BCUT2D eigenvalue weighted by Crippen LogP contribution is -2.04. The molecule has 0 aromatic heterocycles. The van der Waals surface area contributed by atoms with Gasteiger partial charge in [0.25, 0.3) is 0 Å². The highest BCUT2D eigenvalue weighted by Crippen LogP contribution is 2.35. The van der Waals surface area contributed by atoms with E-state index in [2.05, 4.69) is 0 Å². The van der Waals surface area contributed by atoms with Crippen molar-refractivity contribution < 1.29 is 14.2 Å². The first-order valence-electron chi connectivity index (χ1n) is 6.92. The van der Waals surface area contributed by atoms with Crippen LogP contribution in [0.25, 0.3) is 0 Å². The Bertz CT molecular complexity index is 664. The summed E-state index contributed by atoms with van der Waals surface area (Å²) in [6.45, 7) is 2.44. The Morgan fingerprint density at radius 1 is 1.29 bits per heavy atom. The molecule has 1 N–H and O–H groups in total.